The van der Waals surface area contributed by atoms with Crippen LogP contribution in [-0.4, -0.2) is 28.1 Å². The molecule has 0 aliphatic heterocycles. The van der Waals surface area contributed by atoms with Crippen LogP contribution >= 0.6 is 0 Å². The first-order valence-corrected chi connectivity index (χ1v) is 6.04. The Morgan fingerprint density at radius 2 is 2.11 bits per heavy atom. The van der Waals surface area contributed by atoms with Gasteiger partial charge < -0.3 is 4.90 Å². The van der Waals surface area contributed by atoms with Gasteiger partial charge in [0.15, 0.2) is 0 Å². The van der Waals surface area contributed by atoms with Crippen LogP contribution in [0.1, 0.15) is 34.6 Å². The average Bonchev–Trinajstić information content (AvgIpc) is 2.83. The van der Waals surface area contributed by atoms with Gasteiger partial charge in [0.05, 0.1) is 17.8 Å². The molecule has 5 heteroatoms. The Kier molecular flexibility index (Phi) is 3.64. The zero-order valence-electron chi connectivity index (χ0n) is 11.1. The molecular formula is C14H16FN3O. The predicted octanol–water partition coefficient (Wildman–Crippen LogP) is 2.69. The van der Waals surface area contributed by atoms with E-state index in [-0.39, 0.29) is 17.8 Å². The van der Waals surface area contributed by atoms with Crippen LogP contribution < -0.4 is 0 Å². The monoisotopic (exact) mass is 261 g/mol. The third-order valence-corrected chi connectivity index (χ3v) is 3.32. The van der Waals surface area contributed by atoms with E-state index in [9.17, 15) is 9.18 Å². The zero-order chi connectivity index (χ0) is 14.0. The number of hydrogen-bond acceptors (Lipinski definition) is 2. The molecule has 1 atom stereocenters. The van der Waals surface area contributed by atoms with E-state index >= 15 is 0 Å². The van der Waals surface area contributed by atoms with E-state index in [1.165, 1.54) is 17.2 Å². The molecule has 1 heterocycles. The number of rotatable bonds is 3. The van der Waals surface area contributed by atoms with Crippen molar-refractivity contribution in [3.05, 3.63) is 53.1 Å². The van der Waals surface area contributed by atoms with E-state index in [1.54, 1.807) is 39.1 Å². The largest absolute Gasteiger partial charge is 0.335 e. The molecule has 0 aliphatic carbocycles. The summed E-state index contributed by atoms with van der Waals surface area (Å²) in [6, 6.07) is 6.13. The van der Waals surface area contributed by atoms with E-state index in [2.05, 4.69) is 10.2 Å². The van der Waals surface area contributed by atoms with Crippen molar-refractivity contribution in [3.63, 3.8) is 0 Å². The van der Waals surface area contributed by atoms with Crippen LogP contribution in [0.25, 0.3) is 0 Å². The summed E-state index contributed by atoms with van der Waals surface area (Å²) >= 11 is 0. The number of aryl methyl sites for hydroxylation is 1. The normalized spacial score (nSPS) is 12.2. The highest BCUT2D eigenvalue weighted by Gasteiger charge is 2.22. The summed E-state index contributed by atoms with van der Waals surface area (Å²) in [5, 5.41) is 6.55. The van der Waals surface area contributed by atoms with Crippen LogP contribution in [0.3, 0.4) is 0 Å². The van der Waals surface area contributed by atoms with Crippen molar-refractivity contribution in [1.29, 1.82) is 0 Å². The lowest BCUT2D eigenvalue weighted by molar-refractivity contribution is 0.0740. The lowest BCUT2D eigenvalue weighted by Crippen LogP contribution is -2.30. The minimum Gasteiger partial charge on any atom is -0.335 e. The number of amides is 1. The van der Waals surface area contributed by atoms with Gasteiger partial charge in [-0.15, -0.1) is 0 Å². The summed E-state index contributed by atoms with van der Waals surface area (Å²) < 4.78 is 13.7. The molecule has 0 radical (unpaired) electrons. The van der Waals surface area contributed by atoms with Crippen molar-refractivity contribution in [3.8, 4) is 0 Å². The Morgan fingerprint density at radius 1 is 1.42 bits per heavy atom. The molecule has 100 valence electrons. The number of aromatic nitrogens is 2. The van der Waals surface area contributed by atoms with Crippen LogP contribution in [0.4, 0.5) is 4.39 Å². The van der Waals surface area contributed by atoms with Gasteiger partial charge in [-0.1, -0.05) is 18.2 Å². The second-order valence-electron chi connectivity index (χ2n) is 4.52. The van der Waals surface area contributed by atoms with Gasteiger partial charge in [-0.2, -0.15) is 5.10 Å². The minimum atomic E-state index is -0.344. The Morgan fingerprint density at radius 3 is 2.68 bits per heavy atom. The Labute approximate surface area is 111 Å². The molecule has 1 aromatic heterocycles. The third-order valence-electron chi connectivity index (χ3n) is 3.32. The lowest BCUT2D eigenvalue weighted by atomic mass is 10.1. The number of hydrogen-bond donors (Lipinski definition) is 1. The second-order valence-corrected chi connectivity index (χ2v) is 4.52. The van der Waals surface area contributed by atoms with Crippen LogP contribution in [0.2, 0.25) is 0 Å². The van der Waals surface area contributed by atoms with Crippen molar-refractivity contribution in [1.82, 2.24) is 15.1 Å². The van der Waals surface area contributed by atoms with Crippen LogP contribution in [-0.2, 0) is 0 Å². The summed E-state index contributed by atoms with van der Waals surface area (Å²) in [6.45, 7) is 3.58. The molecule has 0 aliphatic rings. The summed E-state index contributed by atoms with van der Waals surface area (Å²) in [4.78, 5) is 13.8. The minimum absolute atomic E-state index is 0.179. The summed E-state index contributed by atoms with van der Waals surface area (Å²) in [5.41, 5.74) is 1.71. The molecule has 4 nitrogen and oxygen atoms in total. The number of aromatic amines is 1. The molecule has 0 fully saturated rings. The average molecular weight is 261 g/mol. The van der Waals surface area contributed by atoms with E-state index in [0.29, 0.717) is 16.8 Å². The molecular weight excluding hydrogens is 245 g/mol. The predicted molar refractivity (Wildman–Crippen MR) is 70.2 cm³/mol. The first-order chi connectivity index (χ1) is 9.02. The molecule has 1 unspecified atom stereocenters. The summed E-state index contributed by atoms with van der Waals surface area (Å²) in [6.07, 6.45) is 1.49. The molecule has 1 aromatic carbocycles. The molecule has 1 N–H and O–H groups in total. The highest BCUT2D eigenvalue weighted by atomic mass is 19.1. The van der Waals surface area contributed by atoms with Crippen LogP contribution in [0, 0.1) is 12.7 Å². The summed E-state index contributed by atoms with van der Waals surface area (Å²) in [7, 11) is 1.66. The van der Waals surface area contributed by atoms with Gasteiger partial charge in [-0.25, -0.2) is 4.39 Å². The fraction of sp³-hybridized carbons (Fsp3) is 0.286. The smallest absolute Gasteiger partial charge is 0.257 e. The maximum atomic E-state index is 13.7. The van der Waals surface area contributed by atoms with Crippen molar-refractivity contribution in [2.75, 3.05) is 7.05 Å². The zero-order valence-corrected chi connectivity index (χ0v) is 11.1. The first kappa shape index (κ1) is 13.3. The van der Waals surface area contributed by atoms with Crippen LogP contribution in [0.5, 0.6) is 0 Å². The molecule has 0 bridgehead atoms. The highest BCUT2D eigenvalue weighted by molar-refractivity contribution is 5.95. The first-order valence-electron chi connectivity index (χ1n) is 6.04. The second kappa shape index (κ2) is 5.22. The van der Waals surface area contributed by atoms with E-state index < -0.39 is 0 Å². The van der Waals surface area contributed by atoms with E-state index in [1.807, 2.05) is 0 Å². The Hall–Kier alpha value is -2.17. The van der Waals surface area contributed by atoms with Gasteiger partial charge in [0.25, 0.3) is 5.91 Å². The van der Waals surface area contributed by atoms with Gasteiger partial charge in [0.1, 0.15) is 5.82 Å². The number of nitrogens with zero attached hydrogens (tertiary/aromatic N) is 2. The molecule has 0 saturated heterocycles. The topological polar surface area (TPSA) is 49.0 Å². The van der Waals surface area contributed by atoms with Crippen LogP contribution in [0.15, 0.2) is 30.5 Å². The maximum Gasteiger partial charge on any atom is 0.257 e. The fourth-order valence-electron chi connectivity index (χ4n) is 1.95. The van der Waals surface area contributed by atoms with Crippen molar-refractivity contribution >= 4 is 5.91 Å². The van der Waals surface area contributed by atoms with Gasteiger partial charge in [0, 0.05) is 18.3 Å². The van der Waals surface area contributed by atoms with Crippen molar-refractivity contribution in [2.24, 2.45) is 0 Å². The van der Waals surface area contributed by atoms with E-state index in [4.69, 9.17) is 0 Å². The number of carbonyl (C=O) groups excluding carboxylic acids is 1. The number of carbonyl (C=O) groups is 1. The molecule has 0 spiro atoms. The number of benzene rings is 1. The fourth-order valence-corrected chi connectivity index (χ4v) is 1.95. The van der Waals surface area contributed by atoms with Gasteiger partial charge in [-0.3, -0.25) is 9.89 Å². The molecule has 19 heavy (non-hydrogen) atoms. The molecule has 2 aromatic rings. The SMILES string of the molecule is Cc1[nH]ncc1C(=O)N(C)C(C)c1ccccc1F. The standard InChI is InChI=1S/C14H16FN3O/c1-9-12(8-16-17-9)14(19)18(3)10(2)11-6-4-5-7-13(11)15/h4-8,10H,1-3H3,(H,16,17). The van der Waals surface area contributed by atoms with Gasteiger partial charge >= 0.3 is 0 Å². The molecule has 0 saturated carbocycles. The van der Waals surface area contributed by atoms with Gasteiger partial charge in [-0.05, 0) is 19.9 Å². The van der Waals surface area contributed by atoms with Crippen molar-refractivity contribution < 1.29 is 9.18 Å². The van der Waals surface area contributed by atoms with Crippen molar-refractivity contribution in [2.45, 2.75) is 19.9 Å². The molecule has 1 amide bonds. The molecule has 2 rings (SSSR count). The number of nitrogens with one attached hydrogen (secondary N) is 1. The number of halogens is 1. The Balaban J connectivity index is 2.25. The lowest BCUT2D eigenvalue weighted by Gasteiger charge is -2.25. The summed E-state index contributed by atoms with van der Waals surface area (Å²) in [5.74, 6) is -0.486. The highest BCUT2D eigenvalue weighted by Crippen LogP contribution is 2.23. The van der Waals surface area contributed by atoms with Gasteiger partial charge in [0.2, 0.25) is 0 Å². The maximum absolute atomic E-state index is 13.7. The number of H-pyrrole nitrogens is 1. The Bertz CT molecular complexity index is 594. The quantitative estimate of drug-likeness (QED) is 0.923. The third kappa shape index (κ3) is 2.50. The van der Waals surface area contributed by atoms with E-state index in [0.717, 1.165) is 0 Å².